The summed E-state index contributed by atoms with van der Waals surface area (Å²) in [4.78, 5) is 19.0. The van der Waals surface area contributed by atoms with Crippen LogP contribution in [0.2, 0.25) is 5.02 Å². The summed E-state index contributed by atoms with van der Waals surface area (Å²) < 4.78 is 37.3. The molecule has 0 aromatic carbocycles. The van der Waals surface area contributed by atoms with Crippen LogP contribution in [-0.4, -0.2) is 22.0 Å². The van der Waals surface area contributed by atoms with Crippen LogP contribution in [0.4, 0.5) is 19.0 Å². The largest absolute Gasteiger partial charge is 0.417 e. The Morgan fingerprint density at radius 2 is 2.09 bits per heavy atom. The summed E-state index contributed by atoms with van der Waals surface area (Å²) in [6.45, 7) is 0. The van der Waals surface area contributed by atoms with E-state index in [2.05, 4.69) is 20.5 Å². The van der Waals surface area contributed by atoms with Crippen LogP contribution >= 0.6 is 11.6 Å². The van der Waals surface area contributed by atoms with Gasteiger partial charge in [-0.15, -0.1) is 0 Å². The number of ketones is 1. The van der Waals surface area contributed by atoms with Gasteiger partial charge in [-0.3, -0.25) is 15.2 Å². The third-order valence-corrected chi connectivity index (χ3v) is 2.73. The molecule has 0 atom stereocenters. The average Bonchev–Trinajstić information content (AvgIpc) is 2.48. The molecule has 0 aliphatic rings. The number of carbonyl (C=O) groups is 1. The molecular formula is C13H8ClF3N4O. The van der Waals surface area contributed by atoms with Crippen LogP contribution in [0.25, 0.3) is 0 Å². The van der Waals surface area contributed by atoms with E-state index in [4.69, 9.17) is 11.6 Å². The van der Waals surface area contributed by atoms with Gasteiger partial charge in [0.1, 0.15) is 5.69 Å². The van der Waals surface area contributed by atoms with Gasteiger partial charge >= 0.3 is 6.18 Å². The van der Waals surface area contributed by atoms with E-state index >= 15 is 0 Å². The van der Waals surface area contributed by atoms with Gasteiger partial charge in [0, 0.05) is 12.4 Å². The molecule has 0 bridgehead atoms. The standard InChI is InChI=1S/C13H8ClF3N4O/c14-9-5-8(13(15,16)17)6-19-12(9)21-20-7-11(22)10-3-1-2-4-18-10/h1-7H,(H,19,21)/b20-7-. The number of halogens is 4. The third-order valence-electron chi connectivity index (χ3n) is 2.44. The van der Waals surface area contributed by atoms with Gasteiger partial charge in [0.05, 0.1) is 16.8 Å². The number of anilines is 1. The number of pyridine rings is 2. The fraction of sp³-hybridized carbons (Fsp3) is 0.0769. The van der Waals surface area contributed by atoms with Crippen LogP contribution in [-0.2, 0) is 6.18 Å². The van der Waals surface area contributed by atoms with Crippen molar-refractivity contribution < 1.29 is 18.0 Å². The maximum absolute atomic E-state index is 12.4. The lowest BCUT2D eigenvalue weighted by Crippen LogP contribution is -2.07. The Hall–Kier alpha value is -2.48. The van der Waals surface area contributed by atoms with Gasteiger partial charge in [-0.05, 0) is 18.2 Å². The molecule has 2 aromatic heterocycles. The molecule has 9 heteroatoms. The van der Waals surface area contributed by atoms with Crippen LogP contribution < -0.4 is 5.43 Å². The maximum Gasteiger partial charge on any atom is 0.417 e. The molecule has 0 saturated carbocycles. The number of Topliss-reactive ketones (excluding diaryl/α,β-unsaturated/α-hetero) is 1. The molecule has 2 rings (SSSR count). The first kappa shape index (κ1) is 15.9. The lowest BCUT2D eigenvalue weighted by molar-refractivity contribution is -0.137. The zero-order chi connectivity index (χ0) is 16.2. The average molecular weight is 329 g/mol. The molecule has 1 N–H and O–H groups in total. The molecule has 0 aliphatic heterocycles. The highest BCUT2D eigenvalue weighted by Crippen LogP contribution is 2.32. The number of nitrogens with one attached hydrogen (secondary N) is 1. The lowest BCUT2D eigenvalue weighted by atomic mass is 10.3. The van der Waals surface area contributed by atoms with Gasteiger partial charge in [0.2, 0.25) is 5.78 Å². The molecule has 0 fully saturated rings. The second-order valence-corrected chi connectivity index (χ2v) is 4.41. The second kappa shape index (κ2) is 6.52. The van der Waals surface area contributed by atoms with Crippen molar-refractivity contribution in [2.75, 3.05) is 5.43 Å². The Labute approximate surface area is 127 Å². The van der Waals surface area contributed by atoms with Gasteiger partial charge < -0.3 is 0 Å². The van der Waals surface area contributed by atoms with E-state index in [9.17, 15) is 18.0 Å². The Bertz CT molecular complexity index is 704. The van der Waals surface area contributed by atoms with E-state index in [-0.39, 0.29) is 16.5 Å². The SMILES string of the molecule is O=C(/C=N\Nc1ncc(C(F)(F)F)cc1Cl)c1ccccn1. The summed E-state index contributed by atoms with van der Waals surface area (Å²) in [7, 11) is 0. The minimum Gasteiger partial charge on any atom is -0.286 e. The summed E-state index contributed by atoms with van der Waals surface area (Å²) in [5, 5.41) is 3.31. The Kier molecular flexibility index (Phi) is 4.71. The summed E-state index contributed by atoms with van der Waals surface area (Å²) in [5.74, 6) is -0.573. The van der Waals surface area contributed by atoms with Crippen molar-refractivity contribution in [1.29, 1.82) is 0 Å². The van der Waals surface area contributed by atoms with Gasteiger partial charge in [0.15, 0.2) is 5.82 Å². The van der Waals surface area contributed by atoms with Crippen molar-refractivity contribution in [3.8, 4) is 0 Å². The second-order valence-electron chi connectivity index (χ2n) is 4.00. The van der Waals surface area contributed by atoms with Crippen LogP contribution in [0, 0.1) is 0 Å². The first-order valence-electron chi connectivity index (χ1n) is 5.85. The number of nitrogens with zero attached hydrogens (tertiary/aromatic N) is 3. The molecule has 114 valence electrons. The first-order valence-corrected chi connectivity index (χ1v) is 6.23. The van der Waals surface area contributed by atoms with Crippen LogP contribution in [0.5, 0.6) is 0 Å². The molecule has 5 nitrogen and oxygen atoms in total. The normalized spacial score (nSPS) is 11.6. The van der Waals surface area contributed by atoms with Crippen molar-refractivity contribution in [3.63, 3.8) is 0 Å². The summed E-state index contributed by atoms with van der Waals surface area (Å²) in [6.07, 6.45) is -1.54. The van der Waals surface area contributed by atoms with E-state index in [0.29, 0.717) is 12.3 Å². The molecule has 0 amide bonds. The smallest absolute Gasteiger partial charge is 0.286 e. The van der Waals surface area contributed by atoms with Crippen molar-refractivity contribution in [2.24, 2.45) is 5.10 Å². The number of rotatable bonds is 4. The molecule has 0 unspecified atom stereocenters. The Morgan fingerprint density at radius 3 is 2.68 bits per heavy atom. The molecule has 2 heterocycles. The molecule has 22 heavy (non-hydrogen) atoms. The van der Waals surface area contributed by atoms with E-state index in [1.54, 1.807) is 12.1 Å². The minimum atomic E-state index is -4.53. The third kappa shape index (κ3) is 4.01. The minimum absolute atomic E-state index is 0.0975. The van der Waals surface area contributed by atoms with Crippen LogP contribution in [0.1, 0.15) is 16.1 Å². The van der Waals surface area contributed by atoms with Crippen LogP contribution in [0.3, 0.4) is 0 Å². The van der Waals surface area contributed by atoms with Crippen molar-refractivity contribution >= 4 is 29.4 Å². The molecule has 0 saturated heterocycles. The Morgan fingerprint density at radius 1 is 1.32 bits per heavy atom. The monoisotopic (exact) mass is 328 g/mol. The number of hydrazone groups is 1. The summed E-state index contributed by atoms with van der Waals surface area (Å²) in [5.41, 5.74) is 1.51. The van der Waals surface area contributed by atoms with Crippen molar-refractivity contribution in [2.45, 2.75) is 6.18 Å². The van der Waals surface area contributed by atoms with Crippen molar-refractivity contribution in [3.05, 3.63) is 52.9 Å². The van der Waals surface area contributed by atoms with Crippen LogP contribution in [0.15, 0.2) is 41.8 Å². The highest BCUT2D eigenvalue weighted by atomic mass is 35.5. The summed E-state index contributed by atoms with van der Waals surface area (Å²) >= 11 is 5.67. The molecular weight excluding hydrogens is 321 g/mol. The quantitative estimate of drug-likeness (QED) is 0.530. The zero-order valence-corrected chi connectivity index (χ0v) is 11.6. The van der Waals surface area contributed by atoms with E-state index in [1.165, 1.54) is 12.3 Å². The van der Waals surface area contributed by atoms with E-state index in [1.807, 2.05) is 0 Å². The maximum atomic E-state index is 12.4. The molecule has 0 aliphatic carbocycles. The number of carbonyl (C=O) groups excluding carboxylic acids is 1. The molecule has 0 radical (unpaired) electrons. The lowest BCUT2D eigenvalue weighted by Gasteiger charge is -2.08. The zero-order valence-electron chi connectivity index (χ0n) is 10.8. The highest BCUT2D eigenvalue weighted by molar-refractivity contribution is 6.35. The highest BCUT2D eigenvalue weighted by Gasteiger charge is 2.31. The predicted molar refractivity (Wildman–Crippen MR) is 74.9 cm³/mol. The number of alkyl halides is 3. The Balaban J connectivity index is 2.06. The fourth-order valence-electron chi connectivity index (χ4n) is 1.40. The summed E-state index contributed by atoms with van der Waals surface area (Å²) in [6, 6.07) is 5.50. The first-order chi connectivity index (χ1) is 10.4. The van der Waals surface area contributed by atoms with Gasteiger partial charge in [0.25, 0.3) is 0 Å². The predicted octanol–water partition coefficient (Wildman–Crippen LogP) is 3.43. The number of hydrogen-bond acceptors (Lipinski definition) is 5. The van der Waals surface area contributed by atoms with Gasteiger partial charge in [-0.1, -0.05) is 17.7 Å². The van der Waals surface area contributed by atoms with E-state index in [0.717, 1.165) is 6.21 Å². The van der Waals surface area contributed by atoms with Gasteiger partial charge in [-0.2, -0.15) is 18.3 Å². The van der Waals surface area contributed by atoms with E-state index < -0.39 is 17.5 Å². The molecule has 2 aromatic rings. The molecule has 0 spiro atoms. The topological polar surface area (TPSA) is 67.2 Å². The number of aromatic nitrogens is 2. The number of hydrogen-bond donors (Lipinski definition) is 1. The van der Waals surface area contributed by atoms with Crippen molar-refractivity contribution in [1.82, 2.24) is 9.97 Å². The fourth-order valence-corrected chi connectivity index (χ4v) is 1.61. The van der Waals surface area contributed by atoms with Gasteiger partial charge in [-0.25, -0.2) is 4.98 Å².